The third kappa shape index (κ3) is 4.54. The van der Waals surface area contributed by atoms with Crippen LogP contribution in [0.5, 0.6) is 0 Å². The number of carbonyl (C=O) groups is 1. The molecule has 4 rings (SSSR count). The second-order valence-electron chi connectivity index (χ2n) is 7.31. The molecule has 1 amide bonds. The molecule has 2 N–H and O–H groups in total. The molecule has 0 unspecified atom stereocenters. The summed E-state index contributed by atoms with van der Waals surface area (Å²) in [5.74, 6) is 1.43. The van der Waals surface area contributed by atoms with Gasteiger partial charge in [-0.05, 0) is 56.6 Å². The molecule has 1 saturated heterocycles. The highest BCUT2D eigenvalue weighted by atomic mass is 32.1. The number of aromatic nitrogens is 4. The Kier molecular flexibility index (Phi) is 5.71. The molecule has 3 aromatic rings. The lowest BCUT2D eigenvalue weighted by Gasteiger charge is -2.27. The Labute approximate surface area is 174 Å². The van der Waals surface area contributed by atoms with Gasteiger partial charge in [-0.25, -0.2) is 4.98 Å². The van der Waals surface area contributed by atoms with Crippen LogP contribution in [-0.4, -0.2) is 38.7 Å². The SMILES string of the molecule is Cc1cccc(-c2n[nH]c(=S)n2CC(=O)Nc2ccc(N3CCCCC3)nc2)c1. The first-order valence-corrected chi connectivity index (χ1v) is 10.2. The van der Waals surface area contributed by atoms with Crippen molar-refractivity contribution in [3.8, 4) is 11.4 Å². The summed E-state index contributed by atoms with van der Waals surface area (Å²) in [6.45, 7) is 4.17. The number of H-pyrrole nitrogens is 1. The van der Waals surface area contributed by atoms with Crippen LogP contribution in [0, 0.1) is 11.7 Å². The number of rotatable bonds is 5. The number of piperidine rings is 1. The summed E-state index contributed by atoms with van der Waals surface area (Å²) in [6, 6.07) is 11.8. The summed E-state index contributed by atoms with van der Waals surface area (Å²) in [7, 11) is 0. The summed E-state index contributed by atoms with van der Waals surface area (Å²) in [6.07, 6.45) is 5.40. The van der Waals surface area contributed by atoms with Gasteiger partial charge in [0.2, 0.25) is 5.91 Å². The van der Waals surface area contributed by atoms with E-state index in [2.05, 4.69) is 25.4 Å². The van der Waals surface area contributed by atoms with Gasteiger partial charge in [-0.3, -0.25) is 14.5 Å². The van der Waals surface area contributed by atoms with E-state index < -0.39 is 0 Å². The average molecular weight is 409 g/mol. The van der Waals surface area contributed by atoms with Gasteiger partial charge >= 0.3 is 0 Å². The number of benzene rings is 1. The Hall–Kier alpha value is -3.00. The maximum absolute atomic E-state index is 12.6. The van der Waals surface area contributed by atoms with Crippen molar-refractivity contribution in [2.24, 2.45) is 0 Å². The van der Waals surface area contributed by atoms with Gasteiger partial charge in [0.05, 0.1) is 11.9 Å². The molecule has 0 atom stereocenters. The van der Waals surface area contributed by atoms with Crippen molar-refractivity contribution in [2.75, 3.05) is 23.3 Å². The van der Waals surface area contributed by atoms with Crippen LogP contribution in [-0.2, 0) is 11.3 Å². The number of aryl methyl sites for hydroxylation is 1. The zero-order valence-electron chi connectivity index (χ0n) is 16.4. The van der Waals surface area contributed by atoms with Crippen molar-refractivity contribution in [1.29, 1.82) is 0 Å². The van der Waals surface area contributed by atoms with E-state index in [1.807, 2.05) is 43.3 Å². The number of nitrogens with zero attached hydrogens (tertiary/aromatic N) is 4. The van der Waals surface area contributed by atoms with Crippen LogP contribution >= 0.6 is 12.2 Å². The van der Waals surface area contributed by atoms with Gasteiger partial charge in [0.1, 0.15) is 12.4 Å². The van der Waals surface area contributed by atoms with Crippen LogP contribution < -0.4 is 10.2 Å². The molecule has 1 aliphatic rings. The Morgan fingerprint density at radius 2 is 2.03 bits per heavy atom. The molecule has 1 aromatic carbocycles. The number of pyridine rings is 1. The smallest absolute Gasteiger partial charge is 0.244 e. The third-order valence-corrected chi connectivity index (χ3v) is 5.36. The summed E-state index contributed by atoms with van der Waals surface area (Å²) < 4.78 is 2.12. The molecule has 7 nitrogen and oxygen atoms in total. The molecule has 0 spiro atoms. The third-order valence-electron chi connectivity index (χ3n) is 5.05. The van der Waals surface area contributed by atoms with E-state index in [1.54, 1.807) is 10.8 Å². The molecular weight excluding hydrogens is 384 g/mol. The molecule has 150 valence electrons. The first-order valence-electron chi connectivity index (χ1n) is 9.83. The van der Waals surface area contributed by atoms with Crippen LogP contribution in [0.25, 0.3) is 11.4 Å². The van der Waals surface area contributed by atoms with E-state index in [0.29, 0.717) is 16.3 Å². The molecule has 8 heteroatoms. The Morgan fingerprint density at radius 3 is 2.76 bits per heavy atom. The van der Waals surface area contributed by atoms with Gasteiger partial charge in [-0.2, -0.15) is 5.10 Å². The molecule has 2 aromatic heterocycles. The number of nitrogens with one attached hydrogen (secondary N) is 2. The van der Waals surface area contributed by atoms with Crippen molar-refractivity contribution < 1.29 is 4.79 Å². The van der Waals surface area contributed by atoms with Gasteiger partial charge in [-0.1, -0.05) is 23.8 Å². The largest absolute Gasteiger partial charge is 0.357 e. The average Bonchev–Trinajstić information content (AvgIpc) is 3.09. The molecule has 0 radical (unpaired) electrons. The van der Waals surface area contributed by atoms with Crippen LogP contribution in [0.3, 0.4) is 0 Å². The highest BCUT2D eigenvalue weighted by molar-refractivity contribution is 7.71. The normalized spacial score (nSPS) is 14.0. The summed E-state index contributed by atoms with van der Waals surface area (Å²) in [5.41, 5.74) is 2.70. The lowest BCUT2D eigenvalue weighted by Crippen LogP contribution is -2.30. The van der Waals surface area contributed by atoms with Crippen LogP contribution in [0.4, 0.5) is 11.5 Å². The molecule has 1 fully saturated rings. The van der Waals surface area contributed by atoms with Crippen LogP contribution in [0.2, 0.25) is 0 Å². The molecule has 1 aliphatic heterocycles. The van der Waals surface area contributed by atoms with Gasteiger partial charge in [0.15, 0.2) is 10.6 Å². The fourth-order valence-corrected chi connectivity index (χ4v) is 3.78. The topological polar surface area (TPSA) is 78.8 Å². The second-order valence-corrected chi connectivity index (χ2v) is 7.70. The first kappa shape index (κ1) is 19.3. The highest BCUT2D eigenvalue weighted by Crippen LogP contribution is 2.20. The lowest BCUT2D eigenvalue weighted by atomic mass is 10.1. The van der Waals surface area contributed by atoms with E-state index in [4.69, 9.17) is 12.2 Å². The standard InChI is InChI=1S/C21H24N6OS/c1-15-6-5-7-16(12-15)20-24-25-21(29)27(20)14-19(28)23-17-8-9-18(22-13-17)26-10-3-2-4-11-26/h5-9,12-13H,2-4,10-11,14H2,1H3,(H,23,28)(H,25,29). The van der Waals surface area contributed by atoms with Crippen LogP contribution in [0.15, 0.2) is 42.6 Å². The fourth-order valence-electron chi connectivity index (χ4n) is 3.58. The van der Waals surface area contributed by atoms with E-state index >= 15 is 0 Å². The van der Waals surface area contributed by atoms with Gasteiger partial charge in [-0.15, -0.1) is 0 Å². The fraction of sp³-hybridized carbons (Fsp3) is 0.333. The molecular formula is C21H24N6OS. The highest BCUT2D eigenvalue weighted by Gasteiger charge is 2.14. The first-order chi connectivity index (χ1) is 14.1. The number of hydrogen-bond acceptors (Lipinski definition) is 5. The zero-order valence-corrected chi connectivity index (χ0v) is 17.2. The molecule has 0 aliphatic carbocycles. The number of anilines is 2. The minimum atomic E-state index is -0.177. The molecule has 0 saturated carbocycles. The Balaban J connectivity index is 1.45. The summed E-state index contributed by atoms with van der Waals surface area (Å²) in [4.78, 5) is 19.4. The van der Waals surface area contributed by atoms with E-state index in [0.717, 1.165) is 30.0 Å². The van der Waals surface area contributed by atoms with Crippen molar-refractivity contribution in [2.45, 2.75) is 32.7 Å². The van der Waals surface area contributed by atoms with Crippen molar-refractivity contribution in [3.63, 3.8) is 0 Å². The quantitative estimate of drug-likeness (QED) is 0.625. The number of aromatic amines is 1. The van der Waals surface area contributed by atoms with E-state index in [9.17, 15) is 4.79 Å². The number of hydrogen-bond donors (Lipinski definition) is 2. The lowest BCUT2D eigenvalue weighted by molar-refractivity contribution is -0.116. The van der Waals surface area contributed by atoms with E-state index in [-0.39, 0.29) is 12.5 Å². The minimum Gasteiger partial charge on any atom is -0.357 e. The molecule has 3 heterocycles. The monoisotopic (exact) mass is 408 g/mol. The van der Waals surface area contributed by atoms with Crippen molar-refractivity contribution >= 4 is 29.6 Å². The summed E-state index contributed by atoms with van der Waals surface area (Å²) in [5, 5.41) is 9.98. The maximum Gasteiger partial charge on any atom is 0.244 e. The molecule has 0 bridgehead atoms. The van der Waals surface area contributed by atoms with Gasteiger partial charge < -0.3 is 10.2 Å². The summed E-state index contributed by atoms with van der Waals surface area (Å²) >= 11 is 5.33. The van der Waals surface area contributed by atoms with E-state index in [1.165, 1.54) is 19.3 Å². The van der Waals surface area contributed by atoms with Crippen molar-refractivity contribution in [1.82, 2.24) is 19.7 Å². The Morgan fingerprint density at radius 1 is 1.21 bits per heavy atom. The minimum absolute atomic E-state index is 0.0759. The number of carbonyl (C=O) groups excluding carboxylic acids is 1. The van der Waals surface area contributed by atoms with Crippen molar-refractivity contribution in [3.05, 3.63) is 52.9 Å². The predicted octanol–water partition coefficient (Wildman–Crippen LogP) is 3.94. The number of amides is 1. The van der Waals surface area contributed by atoms with Gasteiger partial charge in [0, 0.05) is 18.7 Å². The van der Waals surface area contributed by atoms with Crippen LogP contribution in [0.1, 0.15) is 24.8 Å². The molecule has 29 heavy (non-hydrogen) atoms. The zero-order chi connectivity index (χ0) is 20.2. The maximum atomic E-state index is 12.6. The predicted molar refractivity (Wildman–Crippen MR) is 117 cm³/mol. The second kappa shape index (κ2) is 8.57. The Bertz CT molecular complexity index is 1050. The van der Waals surface area contributed by atoms with Gasteiger partial charge in [0.25, 0.3) is 0 Å².